The second kappa shape index (κ2) is 6.20. The van der Waals surface area contributed by atoms with Crippen LogP contribution in [-0.2, 0) is 5.41 Å². The number of benzene rings is 1. The van der Waals surface area contributed by atoms with Gasteiger partial charge in [0, 0.05) is 11.3 Å². The van der Waals surface area contributed by atoms with E-state index in [2.05, 4.69) is 52.9 Å². The van der Waals surface area contributed by atoms with Crippen molar-refractivity contribution in [1.82, 2.24) is 0 Å². The monoisotopic (exact) mass is 301 g/mol. The molecule has 0 bridgehead atoms. The minimum Gasteiger partial charge on any atom is -0.269 e. The lowest BCUT2D eigenvalue weighted by molar-refractivity contribution is 0.218. The lowest BCUT2D eigenvalue weighted by atomic mass is 9.63. The maximum absolute atomic E-state index is 14.7. The summed E-state index contributed by atoms with van der Waals surface area (Å²) in [7, 11) is 0. The molecule has 120 valence electrons. The number of nitrogens with zero attached hydrogens (tertiary/aromatic N) is 1. The van der Waals surface area contributed by atoms with Crippen molar-refractivity contribution in [3.8, 4) is 0 Å². The Morgan fingerprint density at radius 2 is 1.64 bits per heavy atom. The zero-order chi connectivity index (χ0) is 17.3. The van der Waals surface area contributed by atoms with Crippen LogP contribution in [-0.4, -0.2) is 6.72 Å². The Kier molecular flexibility index (Phi) is 5.17. The topological polar surface area (TPSA) is 12.4 Å². The third-order valence-electron chi connectivity index (χ3n) is 5.07. The van der Waals surface area contributed by atoms with Crippen LogP contribution in [0.5, 0.6) is 0 Å². The molecule has 0 saturated carbocycles. The fraction of sp³-hybridized carbons (Fsp3) is 0.450. The average Bonchev–Trinajstić information content (AvgIpc) is 2.42. The molecule has 1 rings (SSSR count). The van der Waals surface area contributed by atoms with Crippen molar-refractivity contribution >= 4 is 12.3 Å². The van der Waals surface area contributed by atoms with Crippen LogP contribution in [0.1, 0.15) is 59.6 Å². The van der Waals surface area contributed by atoms with Gasteiger partial charge in [0.2, 0.25) is 0 Å². The molecule has 0 unspecified atom stereocenters. The predicted octanol–water partition coefficient (Wildman–Crippen LogP) is 6.16. The third-order valence-corrected chi connectivity index (χ3v) is 5.07. The first-order valence-electron chi connectivity index (χ1n) is 7.58. The van der Waals surface area contributed by atoms with Crippen molar-refractivity contribution in [3.05, 3.63) is 53.0 Å². The van der Waals surface area contributed by atoms with Crippen molar-refractivity contribution in [2.24, 2.45) is 10.4 Å². The Bertz CT molecular complexity index is 628. The smallest absolute Gasteiger partial charge is 0.127 e. The number of hydrogen-bond acceptors (Lipinski definition) is 1. The largest absolute Gasteiger partial charge is 0.269 e. The van der Waals surface area contributed by atoms with E-state index in [-0.39, 0.29) is 16.6 Å². The third kappa shape index (κ3) is 3.21. The standard InChI is InChI=1S/C20H28FN/c1-13(15(3)22-9)14(2)16-11-10-12-17(21)18(16)20(7,8)19(4,5)6/h10-12H,2,9H2,1,3-8H3/b15-13+. The molecule has 0 N–H and O–H groups in total. The van der Waals surface area contributed by atoms with Gasteiger partial charge in [0.1, 0.15) is 5.82 Å². The summed E-state index contributed by atoms with van der Waals surface area (Å²) in [5.74, 6) is -0.185. The molecular weight excluding hydrogens is 273 g/mol. The van der Waals surface area contributed by atoms with E-state index in [9.17, 15) is 4.39 Å². The second-order valence-corrected chi connectivity index (χ2v) is 7.38. The number of rotatable bonds is 4. The van der Waals surface area contributed by atoms with Gasteiger partial charge in [0.05, 0.1) is 0 Å². The molecule has 0 saturated heterocycles. The molecular formula is C20H28FN. The van der Waals surface area contributed by atoms with Crippen LogP contribution in [0.15, 0.2) is 41.0 Å². The molecule has 1 aromatic rings. The Labute approximate surface area is 134 Å². The van der Waals surface area contributed by atoms with Crippen LogP contribution in [0.3, 0.4) is 0 Å². The van der Waals surface area contributed by atoms with Crippen LogP contribution in [0, 0.1) is 11.2 Å². The Morgan fingerprint density at radius 1 is 1.09 bits per heavy atom. The van der Waals surface area contributed by atoms with Gasteiger partial charge in [-0.3, -0.25) is 4.99 Å². The zero-order valence-corrected chi connectivity index (χ0v) is 15.0. The average molecular weight is 301 g/mol. The lowest BCUT2D eigenvalue weighted by Crippen LogP contribution is -2.35. The summed E-state index contributed by atoms with van der Waals surface area (Å²) < 4.78 is 14.7. The van der Waals surface area contributed by atoms with Gasteiger partial charge in [-0.25, -0.2) is 4.39 Å². The number of hydrogen-bond donors (Lipinski definition) is 0. The highest BCUT2D eigenvalue weighted by atomic mass is 19.1. The van der Waals surface area contributed by atoms with Gasteiger partial charge >= 0.3 is 0 Å². The lowest BCUT2D eigenvalue weighted by Gasteiger charge is -2.41. The van der Waals surface area contributed by atoms with Crippen molar-refractivity contribution in [2.45, 2.75) is 53.9 Å². The van der Waals surface area contributed by atoms with Gasteiger partial charge in [0.15, 0.2) is 0 Å². The summed E-state index contributed by atoms with van der Waals surface area (Å²) >= 11 is 0. The normalized spacial score (nSPS) is 13.6. The highest BCUT2D eigenvalue weighted by Gasteiger charge is 2.38. The molecule has 0 amide bonds. The first-order valence-corrected chi connectivity index (χ1v) is 7.58. The van der Waals surface area contributed by atoms with E-state index in [1.165, 1.54) is 6.07 Å². The maximum atomic E-state index is 14.7. The summed E-state index contributed by atoms with van der Waals surface area (Å²) in [5, 5.41) is 0. The van der Waals surface area contributed by atoms with Crippen LogP contribution >= 0.6 is 0 Å². The number of allylic oxidation sites excluding steroid dienone is 3. The maximum Gasteiger partial charge on any atom is 0.127 e. The van der Waals surface area contributed by atoms with Crippen LogP contribution in [0.4, 0.5) is 4.39 Å². The minimum absolute atomic E-state index is 0.0897. The van der Waals surface area contributed by atoms with E-state index >= 15 is 0 Å². The summed E-state index contributed by atoms with van der Waals surface area (Å²) in [6, 6.07) is 5.20. The van der Waals surface area contributed by atoms with Gasteiger partial charge in [-0.1, -0.05) is 53.3 Å². The first-order chi connectivity index (χ1) is 9.95. The van der Waals surface area contributed by atoms with Crippen LogP contribution in [0.25, 0.3) is 5.57 Å². The SMILES string of the molecule is C=N/C(C)=C(\C)C(=C)c1cccc(F)c1C(C)(C)C(C)(C)C. The molecule has 0 spiro atoms. The molecule has 1 aromatic carbocycles. The fourth-order valence-corrected chi connectivity index (χ4v) is 2.32. The van der Waals surface area contributed by atoms with Gasteiger partial charge < -0.3 is 0 Å². The van der Waals surface area contributed by atoms with E-state index in [1.54, 1.807) is 6.07 Å². The summed E-state index contributed by atoms with van der Waals surface area (Å²) in [4.78, 5) is 3.97. The Morgan fingerprint density at radius 3 is 2.09 bits per heavy atom. The predicted molar refractivity (Wildman–Crippen MR) is 95.8 cm³/mol. The fourth-order valence-electron chi connectivity index (χ4n) is 2.32. The van der Waals surface area contributed by atoms with Gasteiger partial charge in [0.25, 0.3) is 0 Å². The molecule has 0 atom stereocenters. The molecule has 0 aromatic heterocycles. The molecule has 2 heteroatoms. The molecule has 0 fully saturated rings. The van der Waals surface area contributed by atoms with E-state index in [1.807, 2.05) is 19.9 Å². The quantitative estimate of drug-likeness (QED) is 0.466. The Balaban J connectivity index is 3.64. The molecule has 0 heterocycles. The van der Waals surface area contributed by atoms with Crippen molar-refractivity contribution in [2.75, 3.05) is 0 Å². The first kappa shape index (κ1) is 18.3. The van der Waals surface area contributed by atoms with Gasteiger partial charge in [-0.05, 0) is 54.2 Å². The summed E-state index contributed by atoms with van der Waals surface area (Å²) in [5.41, 5.74) is 3.68. The van der Waals surface area contributed by atoms with E-state index in [0.29, 0.717) is 5.56 Å². The van der Waals surface area contributed by atoms with Gasteiger partial charge in [-0.2, -0.15) is 0 Å². The van der Waals surface area contributed by atoms with E-state index in [4.69, 9.17) is 0 Å². The van der Waals surface area contributed by atoms with Crippen LogP contribution < -0.4 is 0 Å². The highest BCUT2D eigenvalue weighted by molar-refractivity contribution is 5.80. The molecule has 0 aliphatic carbocycles. The van der Waals surface area contributed by atoms with E-state index in [0.717, 1.165) is 22.4 Å². The summed E-state index contributed by atoms with van der Waals surface area (Å²) in [6.45, 7) is 22.1. The number of halogens is 1. The van der Waals surface area contributed by atoms with Crippen molar-refractivity contribution in [3.63, 3.8) is 0 Å². The highest BCUT2D eigenvalue weighted by Crippen LogP contribution is 2.45. The molecule has 0 radical (unpaired) electrons. The minimum atomic E-state index is -0.341. The van der Waals surface area contributed by atoms with Gasteiger partial charge in [-0.15, -0.1) is 0 Å². The zero-order valence-electron chi connectivity index (χ0n) is 15.0. The molecule has 0 aliphatic heterocycles. The molecule has 1 nitrogen and oxygen atoms in total. The molecule has 22 heavy (non-hydrogen) atoms. The van der Waals surface area contributed by atoms with Crippen molar-refractivity contribution in [1.29, 1.82) is 0 Å². The summed E-state index contributed by atoms with van der Waals surface area (Å²) in [6.07, 6.45) is 0. The Hall–Kier alpha value is -1.70. The number of aliphatic imine (C=N–C) groups is 1. The van der Waals surface area contributed by atoms with Crippen molar-refractivity contribution < 1.29 is 4.39 Å². The van der Waals surface area contributed by atoms with E-state index < -0.39 is 0 Å². The van der Waals surface area contributed by atoms with Crippen LogP contribution in [0.2, 0.25) is 0 Å². The second-order valence-electron chi connectivity index (χ2n) is 7.38. The molecule has 0 aliphatic rings.